The lowest BCUT2D eigenvalue weighted by Gasteiger charge is -2.05. The van der Waals surface area contributed by atoms with E-state index in [1.54, 1.807) is 0 Å². The highest BCUT2D eigenvalue weighted by atomic mass is 79.9. The van der Waals surface area contributed by atoms with Crippen LogP contribution in [0.25, 0.3) is 0 Å². The quantitative estimate of drug-likeness (QED) is 0.715. The molecule has 0 aromatic heterocycles. The number of alkyl halides is 1. The first-order valence-electron chi connectivity index (χ1n) is 4.15. The van der Waals surface area contributed by atoms with Crippen molar-refractivity contribution in [3.8, 4) is 0 Å². The smallest absolute Gasteiger partial charge is 0.0286 e. The topological polar surface area (TPSA) is 0 Å². The van der Waals surface area contributed by atoms with E-state index in [4.69, 9.17) is 0 Å². The van der Waals surface area contributed by atoms with Crippen molar-refractivity contribution in [2.24, 2.45) is 0 Å². The van der Waals surface area contributed by atoms with Gasteiger partial charge in [0.05, 0.1) is 0 Å². The number of halogens is 2. The molecule has 0 unspecified atom stereocenters. The molecular weight excluding hydrogens is 280 g/mol. The lowest BCUT2D eigenvalue weighted by molar-refractivity contribution is 1.09. The summed E-state index contributed by atoms with van der Waals surface area (Å²) in [5.41, 5.74) is 2.97. The van der Waals surface area contributed by atoms with Crippen LogP contribution < -0.4 is 0 Å². The minimum atomic E-state index is 0.852. The minimum Gasteiger partial charge on any atom is -0.0876 e. The van der Waals surface area contributed by atoms with E-state index in [9.17, 15) is 0 Å². The van der Waals surface area contributed by atoms with E-state index >= 15 is 0 Å². The second-order valence-corrected chi connectivity index (χ2v) is 4.73. The van der Waals surface area contributed by atoms with E-state index in [1.807, 2.05) is 0 Å². The molecule has 0 aliphatic heterocycles. The van der Waals surface area contributed by atoms with Crippen LogP contribution in [0.1, 0.15) is 29.9 Å². The van der Waals surface area contributed by atoms with Crippen LogP contribution in [0.2, 0.25) is 0 Å². The third kappa shape index (κ3) is 1.74. The second-order valence-electron chi connectivity index (χ2n) is 3.25. The summed E-state index contributed by atoms with van der Waals surface area (Å²) in [4.78, 5) is 0. The number of rotatable bonds is 2. The Morgan fingerprint density at radius 2 is 2.08 bits per heavy atom. The van der Waals surface area contributed by atoms with E-state index in [0.717, 1.165) is 11.2 Å². The molecule has 1 aliphatic carbocycles. The molecule has 0 amide bonds. The maximum atomic E-state index is 3.52. The summed E-state index contributed by atoms with van der Waals surface area (Å²) < 4.78 is 1.18. The monoisotopic (exact) mass is 288 g/mol. The molecule has 1 aromatic rings. The van der Waals surface area contributed by atoms with Crippen LogP contribution in [0.3, 0.4) is 0 Å². The summed E-state index contributed by atoms with van der Waals surface area (Å²) in [5, 5.41) is 0.971. The molecule has 0 radical (unpaired) electrons. The molecule has 0 spiro atoms. The average molecular weight is 290 g/mol. The lowest BCUT2D eigenvalue weighted by Crippen LogP contribution is -1.88. The highest BCUT2D eigenvalue weighted by Gasteiger charge is 2.25. The van der Waals surface area contributed by atoms with Gasteiger partial charge in [-0.1, -0.05) is 37.9 Å². The molecule has 0 heterocycles. The summed E-state index contributed by atoms with van der Waals surface area (Å²) in [6, 6.07) is 6.60. The largest absolute Gasteiger partial charge is 0.0876 e. The van der Waals surface area contributed by atoms with Gasteiger partial charge in [0.1, 0.15) is 0 Å². The molecule has 0 atom stereocenters. The van der Waals surface area contributed by atoms with Gasteiger partial charge >= 0.3 is 0 Å². The fourth-order valence-electron chi connectivity index (χ4n) is 1.48. The molecule has 1 aliphatic rings. The standard InChI is InChI=1S/C10H10Br2/c11-6-8-5-9(12)3-4-10(8)7-1-2-7/h3-5,7H,1-2,6H2. The van der Waals surface area contributed by atoms with E-state index in [2.05, 4.69) is 50.1 Å². The Morgan fingerprint density at radius 1 is 1.33 bits per heavy atom. The molecule has 0 N–H and O–H groups in total. The van der Waals surface area contributed by atoms with E-state index in [0.29, 0.717) is 0 Å². The Bertz CT molecular complexity index is 290. The SMILES string of the molecule is BrCc1cc(Br)ccc1C1CC1. The maximum absolute atomic E-state index is 3.52. The Hall–Kier alpha value is 0.180. The Labute approximate surface area is 89.6 Å². The van der Waals surface area contributed by atoms with Crippen molar-refractivity contribution in [2.45, 2.75) is 24.1 Å². The molecule has 1 saturated carbocycles. The Kier molecular flexibility index (Phi) is 2.56. The van der Waals surface area contributed by atoms with Crippen molar-refractivity contribution in [3.05, 3.63) is 33.8 Å². The fourth-order valence-corrected chi connectivity index (χ4v) is 2.38. The van der Waals surface area contributed by atoms with Gasteiger partial charge in [-0.15, -0.1) is 0 Å². The minimum absolute atomic E-state index is 0.852. The van der Waals surface area contributed by atoms with E-state index < -0.39 is 0 Å². The normalized spacial score (nSPS) is 16.5. The Balaban J connectivity index is 2.38. The molecule has 0 saturated heterocycles. The van der Waals surface area contributed by atoms with Crippen molar-refractivity contribution in [2.75, 3.05) is 0 Å². The number of benzene rings is 1. The van der Waals surface area contributed by atoms with Crippen LogP contribution in [-0.2, 0) is 5.33 Å². The van der Waals surface area contributed by atoms with E-state index in [-0.39, 0.29) is 0 Å². The molecule has 2 heteroatoms. The van der Waals surface area contributed by atoms with Gasteiger partial charge in [0.2, 0.25) is 0 Å². The third-order valence-electron chi connectivity index (χ3n) is 2.27. The first-order valence-corrected chi connectivity index (χ1v) is 6.07. The molecule has 1 fully saturated rings. The average Bonchev–Trinajstić information content (AvgIpc) is 2.87. The highest BCUT2D eigenvalue weighted by Crippen LogP contribution is 2.42. The van der Waals surface area contributed by atoms with Gasteiger partial charge in [-0.25, -0.2) is 0 Å². The predicted octanol–water partition coefficient (Wildman–Crippen LogP) is 4.22. The van der Waals surface area contributed by atoms with Crippen LogP contribution >= 0.6 is 31.9 Å². The first-order chi connectivity index (χ1) is 5.81. The van der Waals surface area contributed by atoms with Gasteiger partial charge < -0.3 is 0 Å². The summed E-state index contributed by atoms with van der Waals surface area (Å²) in [6.07, 6.45) is 2.75. The highest BCUT2D eigenvalue weighted by molar-refractivity contribution is 9.10. The summed E-state index contributed by atoms with van der Waals surface area (Å²) >= 11 is 7.00. The second kappa shape index (κ2) is 3.51. The van der Waals surface area contributed by atoms with Crippen molar-refractivity contribution < 1.29 is 0 Å². The number of hydrogen-bond acceptors (Lipinski definition) is 0. The zero-order valence-corrected chi connectivity index (χ0v) is 9.86. The fraction of sp³-hybridized carbons (Fsp3) is 0.400. The summed E-state index contributed by atoms with van der Waals surface area (Å²) in [7, 11) is 0. The molecule has 0 nitrogen and oxygen atoms in total. The van der Waals surface area contributed by atoms with Gasteiger partial charge in [-0.2, -0.15) is 0 Å². The van der Waals surface area contributed by atoms with Gasteiger partial charge in [0.15, 0.2) is 0 Å². The van der Waals surface area contributed by atoms with Crippen LogP contribution in [0.15, 0.2) is 22.7 Å². The van der Waals surface area contributed by atoms with Crippen molar-refractivity contribution in [1.82, 2.24) is 0 Å². The van der Waals surface area contributed by atoms with Crippen LogP contribution in [-0.4, -0.2) is 0 Å². The lowest BCUT2D eigenvalue weighted by atomic mass is 10.1. The Morgan fingerprint density at radius 3 is 2.67 bits per heavy atom. The van der Waals surface area contributed by atoms with Crippen molar-refractivity contribution in [3.63, 3.8) is 0 Å². The molecule has 64 valence electrons. The number of hydrogen-bond donors (Lipinski definition) is 0. The molecular formula is C10H10Br2. The summed E-state index contributed by atoms with van der Waals surface area (Å²) in [6.45, 7) is 0. The maximum Gasteiger partial charge on any atom is 0.0286 e. The van der Waals surface area contributed by atoms with Crippen molar-refractivity contribution in [1.29, 1.82) is 0 Å². The third-order valence-corrected chi connectivity index (χ3v) is 3.36. The van der Waals surface area contributed by atoms with Gasteiger partial charge in [-0.05, 0) is 42.0 Å². The predicted molar refractivity (Wildman–Crippen MR) is 58.7 cm³/mol. The molecule has 1 aromatic carbocycles. The first kappa shape index (κ1) is 8.76. The van der Waals surface area contributed by atoms with Crippen LogP contribution in [0, 0.1) is 0 Å². The molecule has 0 bridgehead atoms. The zero-order valence-electron chi connectivity index (χ0n) is 6.69. The van der Waals surface area contributed by atoms with Gasteiger partial charge in [0.25, 0.3) is 0 Å². The van der Waals surface area contributed by atoms with Gasteiger partial charge in [-0.3, -0.25) is 0 Å². The van der Waals surface area contributed by atoms with Crippen molar-refractivity contribution >= 4 is 31.9 Å². The van der Waals surface area contributed by atoms with Crippen LogP contribution in [0.5, 0.6) is 0 Å². The van der Waals surface area contributed by atoms with Crippen LogP contribution in [0.4, 0.5) is 0 Å². The molecule has 12 heavy (non-hydrogen) atoms. The van der Waals surface area contributed by atoms with Gasteiger partial charge in [0, 0.05) is 9.80 Å². The molecule has 2 rings (SSSR count). The summed E-state index contributed by atoms with van der Waals surface area (Å²) in [5.74, 6) is 0.852. The zero-order chi connectivity index (χ0) is 8.55. The van der Waals surface area contributed by atoms with E-state index in [1.165, 1.54) is 28.4 Å².